The van der Waals surface area contributed by atoms with E-state index in [0.717, 1.165) is 25.8 Å². The zero-order chi connectivity index (χ0) is 14.9. The topological polar surface area (TPSA) is 55.4 Å². The Morgan fingerprint density at radius 1 is 1.16 bits per heavy atom. The van der Waals surface area contributed by atoms with Gasteiger partial charge < -0.3 is 10.1 Å². The number of nitrogens with one attached hydrogen (secondary N) is 1. The summed E-state index contributed by atoms with van der Waals surface area (Å²) in [7, 11) is -2.87. The van der Waals surface area contributed by atoms with Crippen molar-refractivity contribution >= 4 is 9.84 Å². The molecule has 0 aliphatic carbocycles. The van der Waals surface area contributed by atoms with Crippen molar-refractivity contribution in [2.45, 2.75) is 65.0 Å². The van der Waals surface area contributed by atoms with Crippen LogP contribution in [0.3, 0.4) is 0 Å². The first-order chi connectivity index (χ1) is 8.85. The third-order valence-electron chi connectivity index (χ3n) is 3.72. The fourth-order valence-electron chi connectivity index (χ4n) is 2.68. The van der Waals surface area contributed by atoms with E-state index in [1.165, 1.54) is 6.26 Å². The van der Waals surface area contributed by atoms with Gasteiger partial charge in [0.25, 0.3) is 0 Å². The normalized spacial score (nSPS) is 14.6. The lowest BCUT2D eigenvalue weighted by atomic mass is 9.85. The van der Waals surface area contributed by atoms with Gasteiger partial charge in [-0.25, -0.2) is 8.42 Å². The molecule has 0 aliphatic rings. The van der Waals surface area contributed by atoms with E-state index in [2.05, 4.69) is 26.1 Å². The van der Waals surface area contributed by atoms with Gasteiger partial charge in [0, 0.05) is 24.7 Å². The molecule has 0 rings (SSSR count). The van der Waals surface area contributed by atoms with Crippen LogP contribution in [0, 0.1) is 0 Å². The molecule has 0 aromatic carbocycles. The molecule has 1 N–H and O–H groups in total. The Labute approximate surface area is 119 Å². The van der Waals surface area contributed by atoms with Crippen LogP contribution in [-0.2, 0) is 14.6 Å². The molecule has 116 valence electrons. The summed E-state index contributed by atoms with van der Waals surface area (Å²) in [5, 5.41) is 3.48. The van der Waals surface area contributed by atoms with Gasteiger partial charge in [-0.05, 0) is 39.2 Å². The van der Waals surface area contributed by atoms with Crippen molar-refractivity contribution in [2.24, 2.45) is 0 Å². The molecule has 0 amide bonds. The number of rotatable bonds is 11. The fourth-order valence-corrected chi connectivity index (χ4v) is 3.37. The molecule has 0 aromatic rings. The minimum Gasteiger partial charge on any atom is -0.374 e. The summed E-state index contributed by atoms with van der Waals surface area (Å²) in [5.74, 6) is 0.254. The monoisotopic (exact) mass is 293 g/mol. The molecule has 0 saturated heterocycles. The van der Waals surface area contributed by atoms with Crippen LogP contribution >= 0.6 is 0 Å². The summed E-state index contributed by atoms with van der Waals surface area (Å²) in [6, 6.07) is 0.217. The van der Waals surface area contributed by atoms with Crippen molar-refractivity contribution in [1.29, 1.82) is 0 Å². The molecular weight excluding hydrogens is 262 g/mol. The van der Waals surface area contributed by atoms with E-state index in [0.29, 0.717) is 13.0 Å². The zero-order valence-corrected chi connectivity index (χ0v) is 14.0. The average molecular weight is 293 g/mol. The molecule has 0 bridgehead atoms. The predicted octanol–water partition coefficient (Wildman–Crippen LogP) is 2.38. The van der Waals surface area contributed by atoms with Crippen LogP contribution in [-0.4, -0.2) is 45.2 Å². The smallest absolute Gasteiger partial charge is 0.147 e. The maximum absolute atomic E-state index is 11.2. The van der Waals surface area contributed by atoms with Gasteiger partial charge in [-0.2, -0.15) is 0 Å². The van der Waals surface area contributed by atoms with Crippen LogP contribution in [0.1, 0.15) is 53.4 Å². The van der Waals surface area contributed by atoms with Crippen LogP contribution in [0.4, 0.5) is 0 Å². The lowest BCUT2D eigenvalue weighted by molar-refractivity contribution is -0.0735. The van der Waals surface area contributed by atoms with E-state index in [1.54, 1.807) is 0 Å². The van der Waals surface area contributed by atoms with Gasteiger partial charge in [0.1, 0.15) is 9.84 Å². The second-order valence-corrected chi connectivity index (χ2v) is 7.35. The summed E-state index contributed by atoms with van der Waals surface area (Å²) in [5.41, 5.74) is -0.178. The average Bonchev–Trinajstić information content (AvgIpc) is 2.34. The molecule has 0 spiro atoms. The highest BCUT2D eigenvalue weighted by atomic mass is 32.2. The van der Waals surface area contributed by atoms with Gasteiger partial charge in [-0.3, -0.25) is 0 Å². The van der Waals surface area contributed by atoms with E-state index in [9.17, 15) is 8.42 Å². The quantitative estimate of drug-likeness (QED) is 0.635. The Kier molecular flexibility index (Phi) is 8.86. The largest absolute Gasteiger partial charge is 0.374 e. The lowest BCUT2D eigenvalue weighted by Crippen LogP contribution is -2.52. The molecule has 5 heteroatoms. The maximum Gasteiger partial charge on any atom is 0.147 e. The van der Waals surface area contributed by atoms with Crippen LogP contribution in [0.2, 0.25) is 0 Å². The summed E-state index contributed by atoms with van der Waals surface area (Å²) in [6.45, 7) is 9.93. The third-order valence-corrected chi connectivity index (χ3v) is 4.75. The molecule has 4 nitrogen and oxygen atoms in total. The number of sulfone groups is 1. The predicted molar refractivity (Wildman–Crippen MR) is 81.3 cm³/mol. The standard InChI is InChI=1S/C14H31NO3S/c1-6-14(7-2,18-9-4)13(15-8-3)11-10-12-19(5,16)17/h13,15H,6-12H2,1-5H3. The summed E-state index contributed by atoms with van der Waals surface area (Å²) in [4.78, 5) is 0. The van der Waals surface area contributed by atoms with Crippen molar-refractivity contribution < 1.29 is 13.2 Å². The molecule has 0 heterocycles. The van der Waals surface area contributed by atoms with Crippen LogP contribution in [0.25, 0.3) is 0 Å². The summed E-state index contributed by atoms with van der Waals surface area (Å²) in [6.07, 6.45) is 4.69. The Bertz CT molecular complexity index is 324. The molecule has 0 radical (unpaired) electrons. The molecule has 0 fully saturated rings. The molecule has 1 atom stereocenters. The number of hydrogen-bond acceptors (Lipinski definition) is 4. The molecule has 19 heavy (non-hydrogen) atoms. The van der Waals surface area contributed by atoms with Gasteiger partial charge in [-0.15, -0.1) is 0 Å². The minimum absolute atomic E-state index is 0.178. The fraction of sp³-hybridized carbons (Fsp3) is 1.00. The molecular formula is C14H31NO3S. The zero-order valence-electron chi connectivity index (χ0n) is 13.2. The highest BCUT2D eigenvalue weighted by molar-refractivity contribution is 7.90. The highest BCUT2D eigenvalue weighted by Gasteiger charge is 2.35. The minimum atomic E-state index is -2.87. The van der Waals surface area contributed by atoms with Gasteiger partial charge in [0.05, 0.1) is 5.60 Å². The number of likely N-dealkylation sites (N-methyl/N-ethyl adjacent to an activating group) is 1. The molecule has 0 aliphatic heterocycles. The van der Waals surface area contributed by atoms with Crippen LogP contribution in [0.15, 0.2) is 0 Å². The van der Waals surface area contributed by atoms with E-state index in [4.69, 9.17) is 4.74 Å². The first-order valence-electron chi connectivity index (χ1n) is 7.40. The Hall–Kier alpha value is -0.130. The first kappa shape index (κ1) is 18.9. The lowest BCUT2D eigenvalue weighted by Gasteiger charge is -2.40. The van der Waals surface area contributed by atoms with Crippen molar-refractivity contribution in [3.05, 3.63) is 0 Å². The van der Waals surface area contributed by atoms with Gasteiger partial charge in [-0.1, -0.05) is 20.8 Å². The van der Waals surface area contributed by atoms with Crippen molar-refractivity contribution in [3.8, 4) is 0 Å². The van der Waals surface area contributed by atoms with Gasteiger partial charge in [0.15, 0.2) is 0 Å². The third kappa shape index (κ3) is 6.72. The van der Waals surface area contributed by atoms with Crippen LogP contribution in [0.5, 0.6) is 0 Å². The second kappa shape index (κ2) is 8.93. The molecule has 0 aromatic heterocycles. The van der Waals surface area contributed by atoms with Gasteiger partial charge in [0.2, 0.25) is 0 Å². The highest BCUT2D eigenvalue weighted by Crippen LogP contribution is 2.28. The Morgan fingerprint density at radius 3 is 2.11 bits per heavy atom. The van der Waals surface area contributed by atoms with Crippen molar-refractivity contribution in [3.63, 3.8) is 0 Å². The van der Waals surface area contributed by atoms with Crippen molar-refractivity contribution in [2.75, 3.05) is 25.2 Å². The summed E-state index contributed by atoms with van der Waals surface area (Å²) < 4.78 is 28.5. The maximum atomic E-state index is 11.2. The van der Waals surface area contributed by atoms with E-state index in [-0.39, 0.29) is 17.4 Å². The van der Waals surface area contributed by atoms with E-state index < -0.39 is 9.84 Å². The Morgan fingerprint density at radius 2 is 1.74 bits per heavy atom. The van der Waals surface area contributed by atoms with Crippen molar-refractivity contribution in [1.82, 2.24) is 5.32 Å². The van der Waals surface area contributed by atoms with Gasteiger partial charge >= 0.3 is 0 Å². The van der Waals surface area contributed by atoms with E-state index in [1.807, 2.05) is 6.92 Å². The first-order valence-corrected chi connectivity index (χ1v) is 9.46. The molecule has 0 saturated carbocycles. The van der Waals surface area contributed by atoms with E-state index >= 15 is 0 Å². The molecule has 1 unspecified atom stereocenters. The van der Waals surface area contributed by atoms with Crippen LogP contribution < -0.4 is 5.32 Å². The number of ether oxygens (including phenoxy) is 1. The second-order valence-electron chi connectivity index (χ2n) is 5.09. The SMILES string of the molecule is CCNC(CCCS(C)(=O)=O)C(CC)(CC)OCC. The number of hydrogen-bond donors (Lipinski definition) is 1. The summed E-state index contributed by atoms with van der Waals surface area (Å²) >= 11 is 0. The Balaban J connectivity index is 4.74.